The molecule has 0 spiro atoms. The third-order valence-corrected chi connectivity index (χ3v) is 13.2. The molecule has 198 valence electrons. The van der Waals surface area contributed by atoms with Crippen LogP contribution in [0.5, 0.6) is 0 Å². The zero-order valence-electron chi connectivity index (χ0n) is 24.1. The van der Waals surface area contributed by atoms with E-state index in [9.17, 15) is 9.90 Å². The summed E-state index contributed by atoms with van der Waals surface area (Å²) in [4.78, 5) is 11.9. The summed E-state index contributed by atoms with van der Waals surface area (Å²) in [5.74, 6) is 1.18. The highest BCUT2D eigenvalue weighted by Gasteiger charge is 2.70. The normalized spacial score (nSPS) is 52.2. The van der Waals surface area contributed by atoms with E-state index in [2.05, 4.69) is 61.5 Å². The molecule has 3 nitrogen and oxygen atoms in total. The number of fused-ring (bicyclic) bond motifs is 7. The summed E-state index contributed by atoms with van der Waals surface area (Å²) in [5, 5.41) is 12.0. The maximum absolute atomic E-state index is 12.0. The summed E-state index contributed by atoms with van der Waals surface area (Å²) in [6, 6.07) is 0. The van der Waals surface area contributed by atoms with E-state index >= 15 is 0 Å². The molecule has 5 rings (SSSR count). The van der Waals surface area contributed by atoms with Gasteiger partial charge in [-0.1, -0.05) is 67.0 Å². The highest BCUT2D eigenvalue weighted by atomic mass is 16.5. The fraction of sp³-hybridized carbons (Fsp3) is 0.906. The molecule has 35 heavy (non-hydrogen) atoms. The molecule has 0 aromatic rings. The molecule has 3 heteroatoms. The van der Waals surface area contributed by atoms with Crippen LogP contribution in [0.25, 0.3) is 0 Å². The second-order valence-corrected chi connectivity index (χ2v) is 16.0. The van der Waals surface area contributed by atoms with Crippen molar-refractivity contribution in [3.8, 4) is 0 Å². The number of hydrogen-bond acceptors (Lipinski definition) is 3. The second kappa shape index (κ2) is 7.61. The molecule has 0 amide bonds. The molecular weight excluding hydrogens is 432 g/mol. The molecule has 0 aliphatic heterocycles. The van der Waals surface area contributed by atoms with Crippen molar-refractivity contribution in [3.05, 3.63) is 11.6 Å². The quantitative estimate of drug-likeness (QED) is 0.306. The molecule has 5 aliphatic carbocycles. The molecule has 0 aromatic carbocycles. The number of carbonyl (C=O) groups is 1. The fourth-order valence-electron chi connectivity index (χ4n) is 11.1. The van der Waals surface area contributed by atoms with Crippen molar-refractivity contribution < 1.29 is 14.6 Å². The first-order chi connectivity index (χ1) is 16.0. The van der Waals surface area contributed by atoms with Gasteiger partial charge < -0.3 is 9.84 Å². The van der Waals surface area contributed by atoms with Crippen molar-refractivity contribution in [3.63, 3.8) is 0 Å². The maximum atomic E-state index is 12.0. The Bertz CT molecular complexity index is 931. The maximum Gasteiger partial charge on any atom is 0.302 e. The van der Waals surface area contributed by atoms with Crippen molar-refractivity contribution in [2.75, 3.05) is 0 Å². The van der Waals surface area contributed by atoms with Crippen LogP contribution in [-0.4, -0.2) is 23.3 Å². The minimum atomic E-state index is -0.359. The molecule has 4 saturated carbocycles. The zero-order chi connectivity index (χ0) is 25.8. The topological polar surface area (TPSA) is 46.5 Å². The SMILES string of the molecule is CC(=O)OC1CCC2(C)C(C(O)CC3(C)C2CC=C2C4CC(C)(C)CCC4(C)CCC23C)C1(C)C. The van der Waals surface area contributed by atoms with Gasteiger partial charge in [0.05, 0.1) is 6.10 Å². The van der Waals surface area contributed by atoms with Crippen LogP contribution >= 0.6 is 0 Å². The minimum absolute atomic E-state index is 0.0458. The Labute approximate surface area is 214 Å². The first-order valence-corrected chi connectivity index (χ1v) is 14.6. The number of rotatable bonds is 1. The predicted molar refractivity (Wildman–Crippen MR) is 142 cm³/mol. The van der Waals surface area contributed by atoms with Gasteiger partial charge in [-0.2, -0.15) is 0 Å². The van der Waals surface area contributed by atoms with Gasteiger partial charge in [-0.05, 0) is 103 Å². The van der Waals surface area contributed by atoms with Crippen LogP contribution in [0.1, 0.15) is 120 Å². The van der Waals surface area contributed by atoms with E-state index < -0.39 is 0 Å². The highest BCUT2D eigenvalue weighted by molar-refractivity contribution is 5.66. The molecular formula is C32H52O3. The number of hydrogen-bond donors (Lipinski definition) is 1. The average molecular weight is 485 g/mol. The predicted octanol–water partition coefficient (Wildman–Crippen LogP) is 7.71. The van der Waals surface area contributed by atoms with E-state index in [-0.39, 0.29) is 45.8 Å². The van der Waals surface area contributed by atoms with Crippen LogP contribution in [0.2, 0.25) is 0 Å². The smallest absolute Gasteiger partial charge is 0.302 e. The van der Waals surface area contributed by atoms with Crippen LogP contribution in [0.3, 0.4) is 0 Å². The van der Waals surface area contributed by atoms with Gasteiger partial charge in [0.25, 0.3) is 0 Å². The standard InChI is InChI=1S/C32H52O3/c1-20(33)35-25-12-13-30(7)24-11-10-21-22-18-27(2,3)14-15-29(22,6)16-17-31(21,8)32(24,9)19-23(34)26(30)28(25,4)5/h10,22-26,34H,11-19H2,1-9H3. The van der Waals surface area contributed by atoms with Crippen LogP contribution < -0.4 is 0 Å². The Kier molecular flexibility index (Phi) is 5.61. The molecule has 4 fully saturated rings. The lowest BCUT2D eigenvalue weighted by molar-refractivity contribution is -0.245. The molecule has 0 aromatic heterocycles. The molecule has 1 N–H and O–H groups in total. The largest absolute Gasteiger partial charge is 0.462 e. The van der Waals surface area contributed by atoms with Gasteiger partial charge in [-0.25, -0.2) is 0 Å². The second-order valence-electron chi connectivity index (χ2n) is 16.0. The monoisotopic (exact) mass is 484 g/mol. The van der Waals surface area contributed by atoms with Gasteiger partial charge in [0.15, 0.2) is 0 Å². The van der Waals surface area contributed by atoms with Gasteiger partial charge in [0.2, 0.25) is 0 Å². The van der Waals surface area contributed by atoms with E-state index in [1.807, 2.05) is 0 Å². The number of esters is 1. The van der Waals surface area contributed by atoms with Crippen molar-refractivity contribution >= 4 is 5.97 Å². The first-order valence-electron chi connectivity index (χ1n) is 14.6. The third kappa shape index (κ3) is 3.41. The summed E-state index contributed by atoms with van der Waals surface area (Å²) in [5.41, 5.74) is 2.67. The summed E-state index contributed by atoms with van der Waals surface area (Å²) in [6.45, 7) is 21.2. The van der Waals surface area contributed by atoms with Crippen LogP contribution in [0.4, 0.5) is 0 Å². The van der Waals surface area contributed by atoms with Gasteiger partial charge in [-0.15, -0.1) is 0 Å². The third-order valence-electron chi connectivity index (χ3n) is 13.2. The van der Waals surface area contributed by atoms with Crippen molar-refractivity contribution in [2.45, 2.75) is 132 Å². The van der Waals surface area contributed by atoms with Gasteiger partial charge >= 0.3 is 5.97 Å². The molecule has 0 bridgehead atoms. The van der Waals surface area contributed by atoms with Crippen LogP contribution in [0, 0.1) is 50.2 Å². The summed E-state index contributed by atoms with van der Waals surface area (Å²) < 4.78 is 5.84. The Balaban J connectivity index is 1.56. The van der Waals surface area contributed by atoms with Gasteiger partial charge in [-0.3, -0.25) is 4.79 Å². The number of aliphatic hydroxyl groups excluding tert-OH is 1. The van der Waals surface area contributed by atoms with Gasteiger partial charge in [0, 0.05) is 12.3 Å². The van der Waals surface area contributed by atoms with E-state index in [0.717, 1.165) is 25.7 Å². The number of allylic oxidation sites excluding steroid dienone is 2. The van der Waals surface area contributed by atoms with E-state index in [4.69, 9.17) is 4.74 Å². The van der Waals surface area contributed by atoms with E-state index in [1.54, 1.807) is 5.57 Å². The molecule has 5 aliphatic rings. The Hall–Kier alpha value is -0.830. The van der Waals surface area contributed by atoms with Crippen LogP contribution in [0.15, 0.2) is 11.6 Å². The fourth-order valence-corrected chi connectivity index (χ4v) is 11.1. The first kappa shape index (κ1) is 25.8. The molecule has 0 heterocycles. The summed E-state index contributed by atoms with van der Waals surface area (Å²) in [7, 11) is 0. The lowest BCUT2D eigenvalue weighted by Crippen LogP contribution is -2.68. The average Bonchev–Trinajstić information content (AvgIpc) is 2.71. The molecule has 9 unspecified atom stereocenters. The highest BCUT2D eigenvalue weighted by Crippen LogP contribution is 2.75. The summed E-state index contributed by atoms with van der Waals surface area (Å²) >= 11 is 0. The Morgan fingerprint density at radius 3 is 2.26 bits per heavy atom. The lowest BCUT2D eigenvalue weighted by Gasteiger charge is -2.72. The lowest BCUT2D eigenvalue weighted by atomic mass is 9.33. The van der Waals surface area contributed by atoms with Crippen LogP contribution in [-0.2, 0) is 9.53 Å². The zero-order valence-corrected chi connectivity index (χ0v) is 24.1. The van der Waals surface area contributed by atoms with E-state index in [0.29, 0.717) is 22.7 Å². The van der Waals surface area contributed by atoms with Crippen molar-refractivity contribution in [1.82, 2.24) is 0 Å². The molecule has 0 saturated heterocycles. The molecule has 0 radical (unpaired) electrons. The van der Waals surface area contributed by atoms with Crippen molar-refractivity contribution in [1.29, 1.82) is 0 Å². The van der Waals surface area contributed by atoms with Gasteiger partial charge in [0.1, 0.15) is 6.10 Å². The minimum Gasteiger partial charge on any atom is -0.462 e. The number of aliphatic hydroxyl groups is 1. The van der Waals surface area contributed by atoms with E-state index in [1.165, 1.54) is 39.0 Å². The molecule has 9 atom stereocenters. The summed E-state index contributed by atoms with van der Waals surface area (Å²) in [6.07, 6.45) is 12.8. The Morgan fingerprint density at radius 1 is 0.943 bits per heavy atom. The number of ether oxygens (including phenoxy) is 1. The van der Waals surface area contributed by atoms with Crippen molar-refractivity contribution in [2.24, 2.45) is 50.2 Å². The Morgan fingerprint density at radius 2 is 1.60 bits per heavy atom. The number of carbonyl (C=O) groups excluding carboxylic acids is 1.